The number of hydrogen-bond donors (Lipinski definition) is 3. The van der Waals surface area contributed by atoms with Crippen molar-refractivity contribution in [2.45, 2.75) is 45.1 Å². The van der Waals surface area contributed by atoms with Crippen molar-refractivity contribution in [3.8, 4) is 0 Å². The lowest BCUT2D eigenvalue weighted by Crippen LogP contribution is -2.37. The molecule has 4 atom stereocenters. The second kappa shape index (κ2) is 6.72. The lowest BCUT2D eigenvalue weighted by atomic mass is 9.75. The van der Waals surface area contributed by atoms with E-state index in [2.05, 4.69) is 19.2 Å². The van der Waals surface area contributed by atoms with Crippen LogP contribution in [0.2, 0.25) is 0 Å². The molecule has 4 unspecified atom stereocenters. The van der Waals surface area contributed by atoms with Crippen LogP contribution in [0.1, 0.15) is 39.0 Å². The van der Waals surface area contributed by atoms with Gasteiger partial charge in [0, 0.05) is 6.54 Å². The van der Waals surface area contributed by atoms with E-state index in [-0.39, 0.29) is 6.10 Å². The van der Waals surface area contributed by atoms with E-state index in [1.807, 2.05) is 0 Å². The number of thiol groups is 1. The molecule has 16 heavy (non-hydrogen) atoms. The average molecular weight is 283 g/mol. The Morgan fingerprint density at radius 2 is 2.19 bits per heavy atom. The normalized spacial score (nSPS) is 32.0. The molecule has 3 N–H and O–H groups in total. The summed E-state index contributed by atoms with van der Waals surface area (Å²) in [6.07, 6.45) is 5.90. The second-order valence-corrected chi connectivity index (χ2v) is 9.60. The second-order valence-electron chi connectivity index (χ2n) is 4.49. The van der Waals surface area contributed by atoms with Gasteiger partial charge < -0.3 is 15.2 Å². The molecule has 0 radical (unpaired) electrons. The minimum absolute atomic E-state index is 0.126. The number of hydrogen-bond acceptors (Lipinski definition) is 3. The summed E-state index contributed by atoms with van der Waals surface area (Å²) in [4.78, 5) is 9.52. The quantitative estimate of drug-likeness (QED) is 0.536. The molecule has 0 aromatic rings. The first-order valence-corrected chi connectivity index (χ1v) is 9.74. The maximum atomic E-state index is 9.52. The lowest BCUT2D eigenvalue weighted by Gasteiger charge is -2.36. The molecule has 96 valence electrons. The van der Waals surface area contributed by atoms with Crippen molar-refractivity contribution in [3.05, 3.63) is 0 Å². The lowest BCUT2D eigenvalue weighted by molar-refractivity contribution is 0.0746. The summed E-state index contributed by atoms with van der Waals surface area (Å²) < 4.78 is 5.48. The van der Waals surface area contributed by atoms with Gasteiger partial charge in [0.1, 0.15) is 0 Å². The maximum absolute atomic E-state index is 9.52. The first kappa shape index (κ1) is 14.9. The van der Waals surface area contributed by atoms with Gasteiger partial charge in [0.2, 0.25) is 5.69 Å². The first-order valence-electron chi connectivity index (χ1n) is 5.92. The minimum atomic E-state index is -2.89. The fourth-order valence-electron chi connectivity index (χ4n) is 2.71. The van der Waals surface area contributed by atoms with Gasteiger partial charge in [-0.05, 0) is 30.1 Å². The Morgan fingerprint density at radius 1 is 1.56 bits per heavy atom. The molecule has 3 nitrogen and oxygen atoms in total. The molecule has 0 heterocycles. The molecule has 1 rings (SSSR count). The Bertz CT molecular complexity index is 259. The van der Waals surface area contributed by atoms with Crippen molar-refractivity contribution in [2.75, 3.05) is 6.54 Å². The molecule has 1 aliphatic carbocycles. The van der Waals surface area contributed by atoms with Crippen LogP contribution in [-0.2, 0) is 16.3 Å². The molecule has 1 aliphatic rings. The molecule has 0 spiro atoms. The summed E-state index contributed by atoms with van der Waals surface area (Å²) in [6.45, 7) is 2.62. The van der Waals surface area contributed by atoms with Crippen LogP contribution in [0, 0.1) is 11.8 Å². The third-order valence-corrected chi connectivity index (χ3v) is 4.56. The van der Waals surface area contributed by atoms with Crippen LogP contribution in [0.5, 0.6) is 0 Å². The highest BCUT2D eigenvalue weighted by Crippen LogP contribution is 2.50. The van der Waals surface area contributed by atoms with Crippen LogP contribution in [0.3, 0.4) is 0 Å². The fraction of sp³-hybridized carbons (Fsp3) is 1.00. The summed E-state index contributed by atoms with van der Waals surface area (Å²) in [7, 11) is 0. The van der Waals surface area contributed by atoms with E-state index in [1.165, 1.54) is 19.3 Å². The molecule has 1 fully saturated rings. The molecule has 0 bridgehead atoms. The zero-order valence-corrected chi connectivity index (χ0v) is 12.3. The van der Waals surface area contributed by atoms with E-state index in [4.69, 9.17) is 22.1 Å². The largest absolute Gasteiger partial charge is 0.338 e. The average Bonchev–Trinajstić information content (AvgIpc) is 2.24. The van der Waals surface area contributed by atoms with Gasteiger partial charge in [-0.1, -0.05) is 44.9 Å². The van der Waals surface area contributed by atoms with Crippen LogP contribution in [0.15, 0.2) is 0 Å². The topological polar surface area (TPSA) is 55.5 Å². The van der Waals surface area contributed by atoms with Crippen molar-refractivity contribution in [2.24, 2.45) is 17.6 Å². The van der Waals surface area contributed by atoms with Gasteiger partial charge in [-0.15, -0.1) is 0 Å². The number of rotatable bonds is 5. The third-order valence-electron chi connectivity index (χ3n) is 3.47. The number of nitrogens with two attached hydrogens (primary N) is 1. The van der Waals surface area contributed by atoms with Crippen molar-refractivity contribution < 1.29 is 9.42 Å². The predicted octanol–water partition coefficient (Wildman–Crippen LogP) is 2.69. The zero-order valence-electron chi connectivity index (χ0n) is 9.71. The van der Waals surface area contributed by atoms with Crippen molar-refractivity contribution in [3.63, 3.8) is 0 Å². The molecule has 1 saturated carbocycles. The van der Waals surface area contributed by atoms with E-state index in [9.17, 15) is 4.89 Å². The molecular formula is C10H22NO2PS2. The van der Waals surface area contributed by atoms with E-state index < -0.39 is 5.69 Å². The Kier molecular flexibility index (Phi) is 6.27. The molecule has 6 heteroatoms. The fourth-order valence-corrected chi connectivity index (χ4v) is 4.00. The maximum Gasteiger partial charge on any atom is 0.241 e. The molecule has 0 aromatic heterocycles. The Hall–Kier alpha value is 0.880. The van der Waals surface area contributed by atoms with Gasteiger partial charge in [-0.25, -0.2) is 0 Å². The summed E-state index contributed by atoms with van der Waals surface area (Å²) in [5.41, 5.74) is 2.83. The van der Waals surface area contributed by atoms with Crippen LogP contribution in [0.25, 0.3) is 0 Å². The Balaban J connectivity index is 2.65. The molecular weight excluding hydrogens is 261 g/mol. The standard InChI is InChI=1S/C10H22NO2PS2/c1-2-8-5-3-4-6-9(8)10(7-11)13-14(12,15)16/h8-10H,2-7,11H2,1H3,(H2,12,15,16). The summed E-state index contributed by atoms with van der Waals surface area (Å²) in [5.74, 6) is 1.09. The van der Waals surface area contributed by atoms with Crippen LogP contribution in [-0.4, -0.2) is 17.5 Å². The highest BCUT2D eigenvalue weighted by molar-refractivity contribution is 8.59. The van der Waals surface area contributed by atoms with Gasteiger partial charge >= 0.3 is 0 Å². The zero-order chi connectivity index (χ0) is 12.2. The smallest absolute Gasteiger partial charge is 0.241 e. The third kappa shape index (κ3) is 4.63. The van der Waals surface area contributed by atoms with Gasteiger partial charge in [-0.3, -0.25) is 0 Å². The van der Waals surface area contributed by atoms with Crippen LogP contribution >= 0.6 is 17.9 Å². The minimum Gasteiger partial charge on any atom is -0.338 e. The molecule has 0 aromatic carbocycles. The van der Waals surface area contributed by atoms with Gasteiger partial charge in [-0.2, -0.15) is 0 Å². The predicted molar refractivity (Wildman–Crippen MR) is 75.2 cm³/mol. The summed E-state index contributed by atoms with van der Waals surface area (Å²) in [6, 6.07) is 0. The monoisotopic (exact) mass is 283 g/mol. The van der Waals surface area contributed by atoms with Crippen molar-refractivity contribution in [1.29, 1.82) is 0 Å². The summed E-state index contributed by atoms with van der Waals surface area (Å²) in [5, 5.41) is 0. The Morgan fingerprint density at radius 3 is 2.69 bits per heavy atom. The van der Waals surface area contributed by atoms with E-state index in [1.54, 1.807) is 0 Å². The van der Waals surface area contributed by atoms with Crippen molar-refractivity contribution in [1.82, 2.24) is 0 Å². The van der Waals surface area contributed by atoms with Crippen LogP contribution in [0.4, 0.5) is 0 Å². The van der Waals surface area contributed by atoms with E-state index >= 15 is 0 Å². The van der Waals surface area contributed by atoms with Crippen molar-refractivity contribution >= 4 is 29.7 Å². The van der Waals surface area contributed by atoms with Gasteiger partial charge in [0.25, 0.3) is 0 Å². The summed E-state index contributed by atoms with van der Waals surface area (Å²) >= 11 is 8.75. The molecule has 0 saturated heterocycles. The van der Waals surface area contributed by atoms with Gasteiger partial charge in [0.15, 0.2) is 0 Å². The SMILES string of the molecule is CCC1CCCCC1C(CN)OP(O)(=S)S. The highest BCUT2D eigenvalue weighted by atomic mass is 32.9. The molecule has 0 aliphatic heterocycles. The van der Waals surface area contributed by atoms with Crippen LogP contribution < -0.4 is 5.73 Å². The van der Waals surface area contributed by atoms with E-state index in [0.717, 1.165) is 12.8 Å². The van der Waals surface area contributed by atoms with E-state index in [0.29, 0.717) is 18.4 Å². The molecule has 0 amide bonds. The highest BCUT2D eigenvalue weighted by Gasteiger charge is 2.32. The Labute approximate surface area is 108 Å². The van der Waals surface area contributed by atoms with Gasteiger partial charge in [0.05, 0.1) is 6.10 Å². The first-order chi connectivity index (χ1) is 7.48.